The third-order valence-electron chi connectivity index (χ3n) is 11.6. The molecule has 0 bridgehead atoms. The molecule has 0 aromatic rings. The Balaban J connectivity index is 4.35. The molecule has 0 N–H and O–H groups in total. The number of esters is 3. The lowest BCUT2D eigenvalue weighted by atomic mass is 10.1. The van der Waals surface area contributed by atoms with E-state index in [1.807, 2.05) is 0 Å². The number of ether oxygens (including phenoxy) is 3. The highest BCUT2D eigenvalue weighted by Crippen LogP contribution is 2.14. The second-order valence-corrected chi connectivity index (χ2v) is 18.1. The van der Waals surface area contributed by atoms with E-state index in [1.54, 1.807) is 0 Å². The largest absolute Gasteiger partial charge is 0.462 e. The Morgan fingerprint density at radius 2 is 0.591 bits per heavy atom. The van der Waals surface area contributed by atoms with Gasteiger partial charge in [0, 0.05) is 19.3 Å². The normalized spacial score (nSPS) is 12.7. The first kappa shape index (κ1) is 62.6. The Morgan fingerprint density at radius 1 is 0.318 bits per heavy atom. The van der Waals surface area contributed by atoms with Gasteiger partial charge in [-0.3, -0.25) is 14.4 Å². The number of allylic oxidation sites excluding steroid dienone is 14. The Labute approximate surface area is 407 Å². The first-order valence-electron chi connectivity index (χ1n) is 27.6. The lowest BCUT2D eigenvalue weighted by Gasteiger charge is -2.18. The van der Waals surface area contributed by atoms with Gasteiger partial charge in [0.1, 0.15) is 13.2 Å². The van der Waals surface area contributed by atoms with Crippen LogP contribution in [-0.2, 0) is 28.6 Å². The summed E-state index contributed by atoms with van der Waals surface area (Å²) in [6.45, 7) is 6.47. The molecule has 0 aliphatic rings. The average molecular weight is 919 g/mol. The summed E-state index contributed by atoms with van der Waals surface area (Å²) in [6.07, 6.45) is 70.0. The second-order valence-electron chi connectivity index (χ2n) is 18.1. The van der Waals surface area contributed by atoms with Crippen molar-refractivity contribution in [1.29, 1.82) is 0 Å². The van der Waals surface area contributed by atoms with E-state index < -0.39 is 6.10 Å². The quantitative estimate of drug-likeness (QED) is 0.0262. The molecule has 0 rings (SSSR count). The summed E-state index contributed by atoms with van der Waals surface area (Å²) in [5.74, 6) is -0.912. The predicted molar refractivity (Wildman–Crippen MR) is 284 cm³/mol. The summed E-state index contributed by atoms with van der Waals surface area (Å²) in [6, 6.07) is 0. The van der Waals surface area contributed by atoms with E-state index in [1.165, 1.54) is 96.3 Å². The summed E-state index contributed by atoms with van der Waals surface area (Å²) in [5, 5.41) is 0. The van der Waals surface area contributed by atoms with Crippen LogP contribution in [0.4, 0.5) is 0 Å². The van der Waals surface area contributed by atoms with Gasteiger partial charge in [-0.1, -0.05) is 228 Å². The first-order chi connectivity index (χ1) is 32.5. The topological polar surface area (TPSA) is 78.9 Å². The summed E-state index contributed by atoms with van der Waals surface area (Å²) in [4.78, 5) is 38.0. The molecule has 0 radical (unpaired) electrons. The molecule has 0 spiro atoms. The Kier molecular flexibility index (Phi) is 51.4. The summed E-state index contributed by atoms with van der Waals surface area (Å²) in [7, 11) is 0. The zero-order chi connectivity index (χ0) is 47.9. The van der Waals surface area contributed by atoms with Gasteiger partial charge in [0.05, 0.1) is 0 Å². The highest BCUT2D eigenvalue weighted by atomic mass is 16.6. The van der Waals surface area contributed by atoms with Crippen LogP contribution in [0.15, 0.2) is 85.1 Å². The molecule has 6 nitrogen and oxygen atoms in total. The molecule has 0 saturated heterocycles. The maximum Gasteiger partial charge on any atom is 0.306 e. The minimum atomic E-state index is -0.787. The monoisotopic (exact) mass is 919 g/mol. The van der Waals surface area contributed by atoms with Crippen LogP contribution in [-0.4, -0.2) is 37.2 Å². The van der Waals surface area contributed by atoms with E-state index in [0.29, 0.717) is 19.3 Å². The molecule has 66 heavy (non-hydrogen) atoms. The van der Waals surface area contributed by atoms with Gasteiger partial charge < -0.3 is 14.2 Å². The summed E-state index contributed by atoms with van der Waals surface area (Å²) in [5.41, 5.74) is 0. The molecule has 0 aliphatic heterocycles. The number of hydrogen-bond acceptors (Lipinski definition) is 6. The van der Waals surface area contributed by atoms with E-state index in [-0.39, 0.29) is 31.1 Å². The van der Waals surface area contributed by atoms with Crippen molar-refractivity contribution in [3.63, 3.8) is 0 Å². The van der Waals surface area contributed by atoms with Crippen molar-refractivity contribution >= 4 is 17.9 Å². The second kappa shape index (κ2) is 54.2. The number of carbonyl (C=O) groups excluding carboxylic acids is 3. The van der Waals surface area contributed by atoms with Gasteiger partial charge in [-0.15, -0.1) is 0 Å². The van der Waals surface area contributed by atoms with Crippen LogP contribution >= 0.6 is 0 Å². The standard InChI is InChI=1S/C60H102O6/c1-4-7-10-13-16-19-21-23-25-27-29-30-31-33-34-36-38-41-44-47-50-53-59(62)65-56-57(55-64-58(61)52-49-46-43-40-18-15-12-9-6-3)66-60(63)54-51-48-45-42-39-37-35-32-28-26-24-22-20-17-14-11-8-5-2/h7,10,16,19-20,22-23,25-26,28-30,33-34,57H,4-6,8-9,11-15,17-18,21,24,27,31-32,35-56H2,1-3H3/b10-7-,19-16-,22-20-,25-23-,28-26-,30-29-,34-33-. The molecule has 0 aromatic heterocycles. The fourth-order valence-corrected chi connectivity index (χ4v) is 7.50. The Bertz CT molecular complexity index is 1290. The fourth-order valence-electron chi connectivity index (χ4n) is 7.50. The van der Waals surface area contributed by atoms with Crippen LogP contribution < -0.4 is 0 Å². The fraction of sp³-hybridized carbons (Fsp3) is 0.717. The van der Waals surface area contributed by atoms with Crippen molar-refractivity contribution in [1.82, 2.24) is 0 Å². The van der Waals surface area contributed by atoms with E-state index >= 15 is 0 Å². The van der Waals surface area contributed by atoms with E-state index in [2.05, 4.69) is 106 Å². The highest BCUT2D eigenvalue weighted by Gasteiger charge is 2.19. The number of carbonyl (C=O) groups is 3. The molecule has 378 valence electrons. The minimum Gasteiger partial charge on any atom is -0.462 e. The van der Waals surface area contributed by atoms with Crippen LogP contribution in [0, 0.1) is 0 Å². The SMILES string of the molecule is CC/C=C\C/C=C\C/C=C\C/C=C\C/C=C\CCCCCCCC(=O)OCC(COC(=O)CCCCCCCCCCC)OC(=O)CCCCCCCCC/C=C\C/C=C\CCCCCC. The van der Waals surface area contributed by atoms with Gasteiger partial charge >= 0.3 is 17.9 Å². The van der Waals surface area contributed by atoms with Crippen molar-refractivity contribution in [2.45, 2.75) is 264 Å². The molecule has 6 heteroatoms. The highest BCUT2D eigenvalue weighted by molar-refractivity contribution is 5.71. The molecular weight excluding hydrogens is 817 g/mol. The van der Waals surface area contributed by atoms with Gasteiger partial charge in [0.25, 0.3) is 0 Å². The molecule has 1 unspecified atom stereocenters. The predicted octanol–water partition coefficient (Wildman–Crippen LogP) is 18.4. The number of hydrogen-bond donors (Lipinski definition) is 0. The van der Waals surface area contributed by atoms with Crippen molar-refractivity contribution in [2.75, 3.05) is 13.2 Å². The smallest absolute Gasteiger partial charge is 0.306 e. The molecular formula is C60H102O6. The third-order valence-corrected chi connectivity index (χ3v) is 11.6. The van der Waals surface area contributed by atoms with Gasteiger partial charge in [-0.2, -0.15) is 0 Å². The van der Waals surface area contributed by atoms with Crippen molar-refractivity contribution in [3.8, 4) is 0 Å². The van der Waals surface area contributed by atoms with Crippen molar-refractivity contribution < 1.29 is 28.6 Å². The van der Waals surface area contributed by atoms with E-state index in [9.17, 15) is 14.4 Å². The summed E-state index contributed by atoms with van der Waals surface area (Å²) >= 11 is 0. The van der Waals surface area contributed by atoms with Crippen molar-refractivity contribution in [2.24, 2.45) is 0 Å². The molecule has 0 amide bonds. The molecule has 0 heterocycles. The average Bonchev–Trinajstić information content (AvgIpc) is 3.31. The van der Waals surface area contributed by atoms with Gasteiger partial charge in [-0.05, 0) is 96.3 Å². The molecule has 0 fully saturated rings. The maximum absolute atomic E-state index is 12.8. The van der Waals surface area contributed by atoms with Gasteiger partial charge in [0.2, 0.25) is 0 Å². The molecule has 0 aliphatic carbocycles. The van der Waals surface area contributed by atoms with Gasteiger partial charge in [0.15, 0.2) is 6.10 Å². The van der Waals surface area contributed by atoms with Crippen LogP contribution in [0.3, 0.4) is 0 Å². The van der Waals surface area contributed by atoms with Gasteiger partial charge in [-0.25, -0.2) is 0 Å². The number of rotatable bonds is 49. The Morgan fingerprint density at radius 3 is 0.939 bits per heavy atom. The van der Waals surface area contributed by atoms with Crippen LogP contribution in [0.25, 0.3) is 0 Å². The lowest BCUT2D eigenvalue weighted by Crippen LogP contribution is -2.30. The maximum atomic E-state index is 12.8. The van der Waals surface area contributed by atoms with E-state index in [4.69, 9.17) is 14.2 Å². The molecule has 0 saturated carbocycles. The van der Waals surface area contributed by atoms with Crippen LogP contribution in [0.5, 0.6) is 0 Å². The molecule has 1 atom stereocenters. The molecule has 0 aromatic carbocycles. The van der Waals surface area contributed by atoms with E-state index in [0.717, 1.165) is 122 Å². The minimum absolute atomic E-state index is 0.0851. The van der Waals surface area contributed by atoms with Crippen molar-refractivity contribution in [3.05, 3.63) is 85.1 Å². The van der Waals surface area contributed by atoms with Crippen LogP contribution in [0.2, 0.25) is 0 Å². The number of unbranched alkanes of at least 4 members (excludes halogenated alkanes) is 24. The third kappa shape index (κ3) is 51.6. The summed E-state index contributed by atoms with van der Waals surface area (Å²) < 4.78 is 16.8. The zero-order valence-electron chi connectivity index (χ0n) is 43.2. The van der Waals surface area contributed by atoms with Crippen LogP contribution in [0.1, 0.15) is 258 Å². The zero-order valence-corrected chi connectivity index (χ0v) is 43.2. The lowest BCUT2D eigenvalue weighted by molar-refractivity contribution is -0.167. The Hall–Kier alpha value is -3.41. The first-order valence-corrected chi connectivity index (χ1v) is 27.6.